The maximum absolute atomic E-state index is 12.0. The Morgan fingerprint density at radius 3 is 2.72 bits per heavy atom. The Morgan fingerprint density at radius 2 is 2.17 bits per heavy atom. The second-order valence-corrected chi connectivity index (χ2v) is 6.34. The van der Waals surface area contributed by atoms with Crippen LogP contribution < -0.4 is 5.32 Å². The molecule has 6 heteroatoms. The Balaban J connectivity index is 1.84. The Morgan fingerprint density at radius 1 is 1.39 bits per heavy atom. The molecule has 2 aliphatic heterocycles. The van der Waals surface area contributed by atoms with E-state index in [0.717, 1.165) is 18.6 Å². The number of carbonyl (C=O) groups is 2. The van der Waals surface area contributed by atoms with Gasteiger partial charge in [0.1, 0.15) is 0 Å². The summed E-state index contributed by atoms with van der Waals surface area (Å²) in [6.45, 7) is 2.77. The molecule has 0 aliphatic carbocycles. The lowest BCUT2D eigenvalue weighted by atomic mass is 9.99. The van der Waals surface area contributed by atoms with Crippen molar-refractivity contribution in [1.29, 1.82) is 0 Å². The topological polar surface area (TPSA) is 69.6 Å². The van der Waals surface area contributed by atoms with Gasteiger partial charge in [0.15, 0.2) is 0 Å². The Hall–Kier alpha value is -0.910. The molecule has 2 rings (SSSR count). The van der Waals surface area contributed by atoms with E-state index in [0.29, 0.717) is 13.1 Å². The number of hydrogen-bond donors (Lipinski definition) is 2. The number of thioether (sulfide) groups is 1. The van der Waals surface area contributed by atoms with Crippen molar-refractivity contribution < 1.29 is 14.7 Å². The number of nitrogens with zero attached hydrogens (tertiary/aromatic N) is 1. The molecule has 2 heterocycles. The number of likely N-dealkylation sites (tertiary alicyclic amines) is 1. The lowest BCUT2D eigenvalue weighted by Gasteiger charge is -2.25. The van der Waals surface area contributed by atoms with Crippen molar-refractivity contribution in [3.8, 4) is 0 Å². The number of nitrogens with one attached hydrogen (secondary N) is 1. The highest BCUT2D eigenvalue weighted by Crippen LogP contribution is 2.23. The second kappa shape index (κ2) is 5.82. The summed E-state index contributed by atoms with van der Waals surface area (Å²) < 4.78 is 0. The molecule has 0 radical (unpaired) electrons. The molecule has 3 atom stereocenters. The van der Waals surface area contributed by atoms with Crippen LogP contribution in [0.25, 0.3) is 0 Å². The molecule has 0 saturated carbocycles. The van der Waals surface area contributed by atoms with Crippen molar-refractivity contribution in [1.82, 2.24) is 10.2 Å². The van der Waals surface area contributed by atoms with E-state index < -0.39 is 11.9 Å². The van der Waals surface area contributed by atoms with Crippen LogP contribution >= 0.6 is 11.8 Å². The third-order valence-corrected chi connectivity index (χ3v) is 4.92. The van der Waals surface area contributed by atoms with Crippen LogP contribution in [-0.4, -0.2) is 52.6 Å². The molecular weight excluding hydrogens is 252 g/mol. The van der Waals surface area contributed by atoms with Crippen LogP contribution in [0, 0.1) is 11.8 Å². The van der Waals surface area contributed by atoms with Gasteiger partial charge in [-0.15, -0.1) is 0 Å². The number of aliphatic carboxylic acids is 1. The van der Waals surface area contributed by atoms with Crippen molar-refractivity contribution in [3.05, 3.63) is 0 Å². The van der Waals surface area contributed by atoms with Crippen LogP contribution in [0.3, 0.4) is 0 Å². The molecule has 102 valence electrons. The van der Waals surface area contributed by atoms with E-state index in [1.54, 1.807) is 4.90 Å². The third-order valence-electron chi connectivity index (χ3n) is 3.70. The summed E-state index contributed by atoms with van der Waals surface area (Å²) in [7, 11) is 0. The maximum Gasteiger partial charge on any atom is 0.317 e. The summed E-state index contributed by atoms with van der Waals surface area (Å²) in [6, 6.07) is 0.147. The predicted molar refractivity (Wildman–Crippen MR) is 70.7 cm³/mol. The van der Waals surface area contributed by atoms with Crippen molar-refractivity contribution >= 4 is 23.8 Å². The first-order valence-electron chi connectivity index (χ1n) is 6.44. The van der Waals surface area contributed by atoms with Gasteiger partial charge in [0.2, 0.25) is 0 Å². The molecule has 5 nitrogen and oxygen atoms in total. The molecule has 0 aromatic rings. The summed E-state index contributed by atoms with van der Waals surface area (Å²) in [5, 5.41) is 12.1. The fourth-order valence-corrected chi connectivity index (χ4v) is 3.65. The smallest absolute Gasteiger partial charge is 0.317 e. The average Bonchev–Trinajstić information content (AvgIpc) is 2.73. The number of carboxylic acids is 1. The van der Waals surface area contributed by atoms with Gasteiger partial charge in [0.25, 0.3) is 0 Å². The normalized spacial score (nSPS) is 32.3. The number of rotatable bonds is 2. The van der Waals surface area contributed by atoms with Crippen molar-refractivity contribution in [2.75, 3.05) is 24.6 Å². The molecule has 3 unspecified atom stereocenters. The van der Waals surface area contributed by atoms with Crippen LogP contribution in [0.15, 0.2) is 0 Å². The van der Waals surface area contributed by atoms with Crippen molar-refractivity contribution in [2.24, 2.45) is 11.8 Å². The summed E-state index contributed by atoms with van der Waals surface area (Å²) in [6.07, 6.45) is 2.17. The quantitative estimate of drug-likeness (QED) is 0.793. The monoisotopic (exact) mass is 272 g/mol. The van der Waals surface area contributed by atoms with Gasteiger partial charge in [-0.05, 0) is 24.5 Å². The zero-order chi connectivity index (χ0) is 13.1. The average molecular weight is 272 g/mol. The number of amides is 2. The minimum atomic E-state index is -0.800. The van der Waals surface area contributed by atoms with E-state index in [-0.39, 0.29) is 18.0 Å². The molecule has 0 aromatic heterocycles. The Labute approximate surface area is 111 Å². The van der Waals surface area contributed by atoms with Crippen LogP contribution in [0.5, 0.6) is 0 Å². The summed E-state index contributed by atoms with van der Waals surface area (Å²) >= 11 is 1.87. The molecule has 2 fully saturated rings. The van der Waals surface area contributed by atoms with E-state index in [1.165, 1.54) is 5.75 Å². The van der Waals surface area contributed by atoms with Crippen molar-refractivity contribution in [2.45, 2.75) is 25.8 Å². The molecular formula is C12H20N2O3S. The zero-order valence-electron chi connectivity index (χ0n) is 10.6. The zero-order valence-corrected chi connectivity index (χ0v) is 11.4. The summed E-state index contributed by atoms with van der Waals surface area (Å²) in [5.74, 6) is 0.961. The van der Waals surface area contributed by atoms with Gasteiger partial charge < -0.3 is 15.3 Å². The van der Waals surface area contributed by atoms with E-state index in [1.807, 2.05) is 18.7 Å². The first-order valence-corrected chi connectivity index (χ1v) is 7.59. The minimum Gasteiger partial charge on any atom is -0.481 e. The number of carboxylic acid groups (broad SMARTS) is 1. The molecule has 0 bridgehead atoms. The highest BCUT2D eigenvalue weighted by molar-refractivity contribution is 7.99. The minimum absolute atomic E-state index is 0.0361. The summed E-state index contributed by atoms with van der Waals surface area (Å²) in [5.41, 5.74) is 0. The van der Waals surface area contributed by atoms with Crippen molar-refractivity contribution in [3.63, 3.8) is 0 Å². The fraction of sp³-hybridized carbons (Fsp3) is 0.833. The molecule has 2 amide bonds. The first kappa shape index (κ1) is 13.5. The lowest BCUT2D eigenvalue weighted by molar-refractivity contribution is -0.142. The second-order valence-electron chi connectivity index (χ2n) is 5.19. The van der Waals surface area contributed by atoms with Gasteiger partial charge >= 0.3 is 12.0 Å². The molecule has 2 aliphatic rings. The maximum atomic E-state index is 12.0. The number of urea groups is 1. The lowest BCUT2D eigenvalue weighted by Crippen LogP contribution is -2.46. The number of hydrogen-bond acceptors (Lipinski definition) is 3. The molecule has 0 spiro atoms. The first-order chi connectivity index (χ1) is 8.58. The van der Waals surface area contributed by atoms with E-state index in [9.17, 15) is 9.59 Å². The Kier molecular flexibility index (Phi) is 4.37. The third kappa shape index (κ3) is 3.10. The highest BCUT2D eigenvalue weighted by Gasteiger charge is 2.37. The van der Waals surface area contributed by atoms with Crippen LogP contribution in [0.1, 0.15) is 19.8 Å². The van der Waals surface area contributed by atoms with E-state index in [4.69, 9.17) is 5.11 Å². The van der Waals surface area contributed by atoms with Gasteiger partial charge in [-0.25, -0.2) is 4.79 Å². The summed E-state index contributed by atoms with van der Waals surface area (Å²) in [4.78, 5) is 24.7. The van der Waals surface area contributed by atoms with Gasteiger partial charge in [0, 0.05) is 24.9 Å². The molecule has 2 N–H and O–H groups in total. The molecule has 18 heavy (non-hydrogen) atoms. The van der Waals surface area contributed by atoms with Crippen LogP contribution in [0.2, 0.25) is 0 Å². The fourth-order valence-electron chi connectivity index (χ4n) is 2.57. The SMILES string of the molecule is CC1CN(C(=O)NC2CCCSC2)CC1C(=O)O. The largest absolute Gasteiger partial charge is 0.481 e. The van der Waals surface area contributed by atoms with E-state index in [2.05, 4.69) is 5.32 Å². The number of carbonyl (C=O) groups excluding carboxylic acids is 1. The van der Waals surface area contributed by atoms with Gasteiger partial charge in [-0.2, -0.15) is 11.8 Å². The predicted octanol–water partition coefficient (Wildman–Crippen LogP) is 1.24. The molecule has 0 aromatic carbocycles. The highest BCUT2D eigenvalue weighted by atomic mass is 32.2. The molecule has 2 saturated heterocycles. The van der Waals surface area contributed by atoms with Crippen LogP contribution in [0.4, 0.5) is 4.79 Å². The van der Waals surface area contributed by atoms with Crippen LogP contribution in [-0.2, 0) is 4.79 Å². The van der Waals surface area contributed by atoms with Gasteiger partial charge in [-0.3, -0.25) is 4.79 Å². The van der Waals surface area contributed by atoms with Gasteiger partial charge in [-0.1, -0.05) is 6.92 Å². The van der Waals surface area contributed by atoms with E-state index >= 15 is 0 Å². The Bertz CT molecular complexity index is 331. The standard InChI is InChI=1S/C12H20N2O3S/c1-8-5-14(6-10(8)11(15)16)12(17)13-9-3-2-4-18-7-9/h8-10H,2-7H2,1H3,(H,13,17)(H,15,16). The van der Waals surface area contributed by atoms with Gasteiger partial charge in [0.05, 0.1) is 5.92 Å².